The van der Waals surface area contributed by atoms with Crippen molar-refractivity contribution in [3.8, 4) is 0 Å². The number of nitrogens with two attached hydrogens (primary N) is 1. The lowest BCUT2D eigenvalue weighted by Crippen LogP contribution is -2.21. The Hall–Kier alpha value is -2.63. The molecule has 0 aliphatic heterocycles. The third-order valence-corrected chi connectivity index (χ3v) is 4.87. The van der Waals surface area contributed by atoms with Gasteiger partial charge in [-0.1, -0.05) is 35.9 Å². The number of carbonyl (C=O) groups excluding carboxylic acids is 1. The number of benzene rings is 2. The highest BCUT2D eigenvalue weighted by molar-refractivity contribution is 6.31. The van der Waals surface area contributed by atoms with Crippen molar-refractivity contribution in [1.29, 1.82) is 5.41 Å². The second-order valence-corrected chi connectivity index (χ2v) is 6.73. The number of halogens is 1. The number of aromatic nitrogens is 1. The molecule has 134 valence electrons. The van der Waals surface area contributed by atoms with Crippen LogP contribution in [0.15, 0.2) is 48.7 Å². The number of aliphatic hydroxyl groups is 1. The standard InChI is InChI=1S/C20H20ClN3O2/c21-15-6-4-12-2-1-3-13(17(12)9-15)5-7-16(19(25)10-22)18-8-14(11-24-18)20(23)26/h1-4,6,8-11,16,19,22,24-25H,5,7H2,(H2,23,26)/t16-,19-/m1/s1. The Bertz CT molecular complexity index is 951. The Morgan fingerprint density at radius 1 is 1.31 bits per heavy atom. The number of aryl methyl sites for hydroxylation is 1. The lowest BCUT2D eigenvalue weighted by molar-refractivity contribution is 0.100. The van der Waals surface area contributed by atoms with Crippen LogP contribution in [0.4, 0.5) is 0 Å². The summed E-state index contributed by atoms with van der Waals surface area (Å²) in [6, 6.07) is 13.5. The van der Waals surface area contributed by atoms with Crippen LogP contribution in [0.2, 0.25) is 5.02 Å². The third-order valence-electron chi connectivity index (χ3n) is 4.63. The summed E-state index contributed by atoms with van der Waals surface area (Å²) in [6.07, 6.45) is 2.88. The molecule has 0 aliphatic rings. The fraction of sp³-hybridized carbons (Fsp3) is 0.200. The number of nitrogens with one attached hydrogen (secondary N) is 2. The molecule has 1 heterocycles. The van der Waals surface area contributed by atoms with Gasteiger partial charge in [0.1, 0.15) is 0 Å². The molecular formula is C20H20ClN3O2. The molecule has 0 unspecified atom stereocenters. The van der Waals surface area contributed by atoms with E-state index in [1.54, 1.807) is 6.07 Å². The number of aromatic amines is 1. The van der Waals surface area contributed by atoms with Gasteiger partial charge in [0.25, 0.3) is 0 Å². The number of rotatable bonds is 7. The molecule has 2 atom stereocenters. The van der Waals surface area contributed by atoms with Crippen molar-refractivity contribution in [1.82, 2.24) is 4.98 Å². The minimum Gasteiger partial charge on any atom is -0.387 e. The zero-order valence-corrected chi connectivity index (χ0v) is 14.8. The van der Waals surface area contributed by atoms with Crippen LogP contribution in [0, 0.1) is 5.41 Å². The second kappa shape index (κ2) is 7.72. The van der Waals surface area contributed by atoms with Gasteiger partial charge in [0.05, 0.1) is 11.7 Å². The molecule has 1 amide bonds. The molecule has 2 aromatic carbocycles. The maximum Gasteiger partial charge on any atom is 0.250 e. The summed E-state index contributed by atoms with van der Waals surface area (Å²) in [7, 11) is 0. The number of fused-ring (bicyclic) bond motifs is 1. The molecule has 6 heteroatoms. The monoisotopic (exact) mass is 369 g/mol. The molecule has 0 radical (unpaired) electrons. The van der Waals surface area contributed by atoms with E-state index in [1.165, 1.54) is 6.20 Å². The maximum absolute atomic E-state index is 11.3. The summed E-state index contributed by atoms with van der Waals surface area (Å²) in [5, 5.41) is 20.5. The number of carbonyl (C=O) groups is 1. The number of H-pyrrole nitrogens is 1. The first-order valence-electron chi connectivity index (χ1n) is 8.33. The average molecular weight is 370 g/mol. The van der Waals surface area contributed by atoms with Gasteiger partial charge in [0.2, 0.25) is 5.91 Å². The normalized spacial score (nSPS) is 13.5. The van der Waals surface area contributed by atoms with Gasteiger partial charge in [-0.3, -0.25) is 4.79 Å². The fourth-order valence-electron chi connectivity index (χ4n) is 3.23. The van der Waals surface area contributed by atoms with Crippen LogP contribution in [0.3, 0.4) is 0 Å². The van der Waals surface area contributed by atoms with Gasteiger partial charge < -0.3 is 21.2 Å². The SMILES string of the molecule is N=C[C@@H](O)[C@H](CCc1cccc2ccc(Cl)cc12)c1cc(C(N)=O)c[nH]1. The number of hydrogen-bond donors (Lipinski definition) is 4. The van der Waals surface area contributed by atoms with E-state index in [1.807, 2.05) is 36.4 Å². The molecule has 3 aromatic rings. The summed E-state index contributed by atoms with van der Waals surface area (Å²) < 4.78 is 0. The van der Waals surface area contributed by atoms with Crippen molar-refractivity contribution >= 4 is 34.5 Å². The Morgan fingerprint density at radius 2 is 2.12 bits per heavy atom. The van der Waals surface area contributed by atoms with Crippen LogP contribution < -0.4 is 5.73 Å². The number of aliphatic hydroxyl groups excluding tert-OH is 1. The Balaban J connectivity index is 1.87. The molecular weight excluding hydrogens is 350 g/mol. The first-order chi connectivity index (χ1) is 12.5. The van der Waals surface area contributed by atoms with Crippen LogP contribution in [0.1, 0.15) is 34.0 Å². The van der Waals surface area contributed by atoms with E-state index in [0.717, 1.165) is 22.6 Å². The number of primary amides is 1. The van der Waals surface area contributed by atoms with Gasteiger partial charge in [-0.05, 0) is 47.4 Å². The Kier molecular flexibility index (Phi) is 5.40. The van der Waals surface area contributed by atoms with E-state index < -0.39 is 12.0 Å². The minimum absolute atomic E-state index is 0.338. The van der Waals surface area contributed by atoms with Crippen molar-refractivity contribution in [3.05, 3.63) is 70.5 Å². The largest absolute Gasteiger partial charge is 0.387 e. The summed E-state index contributed by atoms with van der Waals surface area (Å²) in [5.74, 6) is -0.866. The second-order valence-electron chi connectivity index (χ2n) is 6.29. The topological polar surface area (TPSA) is 103 Å². The maximum atomic E-state index is 11.3. The summed E-state index contributed by atoms with van der Waals surface area (Å²) in [4.78, 5) is 14.3. The van der Waals surface area contributed by atoms with Crippen LogP contribution in [0.5, 0.6) is 0 Å². The zero-order chi connectivity index (χ0) is 18.7. The molecule has 0 saturated carbocycles. The van der Waals surface area contributed by atoms with Crippen molar-refractivity contribution in [2.75, 3.05) is 0 Å². The van der Waals surface area contributed by atoms with Crippen LogP contribution in [0.25, 0.3) is 10.8 Å². The van der Waals surface area contributed by atoms with E-state index in [-0.39, 0.29) is 5.92 Å². The average Bonchev–Trinajstić information content (AvgIpc) is 3.12. The molecule has 0 saturated heterocycles. The van der Waals surface area contributed by atoms with Gasteiger partial charge in [-0.25, -0.2) is 0 Å². The first kappa shape index (κ1) is 18.2. The smallest absolute Gasteiger partial charge is 0.250 e. The van der Waals surface area contributed by atoms with Gasteiger partial charge in [-0.15, -0.1) is 0 Å². The lowest BCUT2D eigenvalue weighted by Gasteiger charge is -2.19. The van der Waals surface area contributed by atoms with E-state index in [9.17, 15) is 9.90 Å². The van der Waals surface area contributed by atoms with Crippen LogP contribution >= 0.6 is 11.6 Å². The van der Waals surface area contributed by atoms with Crippen molar-refractivity contribution in [2.45, 2.75) is 24.9 Å². The molecule has 0 fully saturated rings. The Labute approximate surface area is 156 Å². The van der Waals surface area contributed by atoms with Crippen molar-refractivity contribution < 1.29 is 9.90 Å². The summed E-state index contributed by atoms with van der Waals surface area (Å²) in [6.45, 7) is 0. The van der Waals surface area contributed by atoms with Crippen LogP contribution in [-0.2, 0) is 6.42 Å². The molecule has 0 bridgehead atoms. The van der Waals surface area contributed by atoms with E-state index in [4.69, 9.17) is 22.7 Å². The quantitative estimate of drug-likeness (QED) is 0.477. The van der Waals surface area contributed by atoms with Crippen molar-refractivity contribution in [3.63, 3.8) is 0 Å². The number of amides is 1. The molecule has 5 N–H and O–H groups in total. The fourth-order valence-corrected chi connectivity index (χ4v) is 3.41. The first-order valence-corrected chi connectivity index (χ1v) is 8.71. The Morgan fingerprint density at radius 3 is 2.81 bits per heavy atom. The molecule has 1 aromatic heterocycles. The zero-order valence-electron chi connectivity index (χ0n) is 14.1. The number of hydrogen-bond acceptors (Lipinski definition) is 3. The van der Waals surface area contributed by atoms with E-state index >= 15 is 0 Å². The highest BCUT2D eigenvalue weighted by atomic mass is 35.5. The third kappa shape index (κ3) is 3.79. The minimum atomic E-state index is -0.951. The van der Waals surface area contributed by atoms with E-state index in [0.29, 0.717) is 29.1 Å². The molecule has 26 heavy (non-hydrogen) atoms. The summed E-state index contributed by atoms with van der Waals surface area (Å²) in [5.41, 5.74) is 7.47. The lowest BCUT2D eigenvalue weighted by atomic mass is 9.90. The van der Waals surface area contributed by atoms with Gasteiger partial charge in [0, 0.05) is 29.0 Å². The van der Waals surface area contributed by atoms with Gasteiger partial charge >= 0.3 is 0 Å². The summed E-state index contributed by atoms with van der Waals surface area (Å²) >= 11 is 6.14. The highest BCUT2D eigenvalue weighted by Gasteiger charge is 2.22. The van der Waals surface area contributed by atoms with Gasteiger partial charge in [-0.2, -0.15) is 0 Å². The molecule has 5 nitrogen and oxygen atoms in total. The molecule has 0 spiro atoms. The van der Waals surface area contributed by atoms with Crippen molar-refractivity contribution in [2.24, 2.45) is 5.73 Å². The molecule has 3 rings (SSSR count). The van der Waals surface area contributed by atoms with Gasteiger partial charge in [0.15, 0.2) is 0 Å². The van der Waals surface area contributed by atoms with E-state index in [2.05, 4.69) is 4.98 Å². The predicted octanol–water partition coefficient (Wildman–Crippen LogP) is 3.65. The predicted molar refractivity (Wildman–Crippen MR) is 104 cm³/mol. The highest BCUT2D eigenvalue weighted by Crippen LogP contribution is 2.28. The van der Waals surface area contributed by atoms with Crippen LogP contribution in [-0.4, -0.2) is 28.3 Å². The molecule has 0 aliphatic carbocycles.